The van der Waals surface area contributed by atoms with Crippen molar-refractivity contribution in [3.63, 3.8) is 0 Å². The van der Waals surface area contributed by atoms with Crippen LogP contribution in [0.15, 0.2) is 85.1 Å². The van der Waals surface area contributed by atoms with Gasteiger partial charge in [0.05, 0.1) is 0 Å². The Morgan fingerprint density at radius 1 is 0.694 bits per heavy atom. The number of rotatable bonds is 4. The molecule has 5 nitrogen and oxygen atoms in total. The molecule has 0 unspecified atom stereocenters. The molecule has 0 spiro atoms. The first-order chi connectivity index (χ1) is 23.8. The molecule has 0 amide bonds. The average molecular weight is 832 g/mol. The van der Waals surface area contributed by atoms with Gasteiger partial charge in [-0.2, -0.15) is 12.7 Å². The number of pyridine rings is 1. The summed E-state index contributed by atoms with van der Waals surface area (Å²) < 4.78 is 33.3. The second kappa shape index (κ2) is 12.4. The zero-order valence-electron chi connectivity index (χ0n) is 32.7. The summed E-state index contributed by atoms with van der Waals surface area (Å²) in [4.78, 5) is 8.06. The Balaban J connectivity index is 0.00000464. The van der Waals surface area contributed by atoms with Crippen molar-refractivity contribution in [3.05, 3.63) is 121 Å². The minimum absolute atomic E-state index is 0. The molecule has 0 saturated heterocycles. The minimum Gasteiger partial charge on any atom is -0.509 e. The molecule has 0 fully saturated rings. The second-order valence-electron chi connectivity index (χ2n) is 15.9. The maximum absolute atomic E-state index is 8.17. The smallest absolute Gasteiger partial charge is 0.135 e. The van der Waals surface area contributed by atoms with E-state index in [-0.39, 0.29) is 37.3 Å². The summed E-state index contributed by atoms with van der Waals surface area (Å²) in [6.07, 6.45) is 1.88. The Kier molecular flexibility index (Phi) is 7.80. The molecule has 256 valence electrons. The van der Waals surface area contributed by atoms with Crippen LogP contribution in [0.3, 0.4) is 0 Å². The van der Waals surface area contributed by atoms with Gasteiger partial charge >= 0.3 is 0 Å². The third kappa shape index (κ3) is 6.51. The maximum Gasteiger partial charge on any atom is 0.135 e. The van der Waals surface area contributed by atoms with Crippen molar-refractivity contribution in [2.24, 2.45) is 0 Å². The van der Waals surface area contributed by atoms with E-state index in [4.69, 9.17) is 13.8 Å². The van der Waals surface area contributed by atoms with Crippen LogP contribution in [-0.2, 0) is 37.3 Å². The van der Waals surface area contributed by atoms with Crippen molar-refractivity contribution in [2.75, 3.05) is 16.8 Å². The molecule has 49 heavy (non-hydrogen) atoms. The molecule has 6 aromatic rings. The standard InChI is InChI=1S/C43H45N4O.Pt/c1-41(2,3)28-15-18-36-35(23-28)34-17-16-32(26-39(34)47(36)40-24-29(19-20-44-40)42(4,5)6)48-33-22-30(43(7,8)9)21-31(25-33)46-27-45(10)37-13-11-12-14-38(37)46;/h11-24,27H,1-10H3;/q-3;/i10D3;. The van der Waals surface area contributed by atoms with Gasteiger partial charge in [-0.15, -0.1) is 47.0 Å². The summed E-state index contributed by atoms with van der Waals surface area (Å²) in [5.74, 6) is 1.87. The maximum atomic E-state index is 8.17. The molecule has 2 aromatic heterocycles. The molecular weight excluding hydrogens is 784 g/mol. The number of benzene rings is 4. The van der Waals surface area contributed by atoms with E-state index in [9.17, 15) is 0 Å². The van der Waals surface area contributed by atoms with Crippen LogP contribution in [0, 0.1) is 18.8 Å². The first-order valence-electron chi connectivity index (χ1n) is 18.1. The van der Waals surface area contributed by atoms with Crippen molar-refractivity contribution in [1.29, 1.82) is 0 Å². The number of ether oxygens (including phenoxy) is 1. The fourth-order valence-electron chi connectivity index (χ4n) is 6.26. The van der Waals surface area contributed by atoms with Gasteiger partial charge in [0, 0.05) is 59.8 Å². The number of aromatic nitrogens is 2. The minimum atomic E-state index is -2.34. The largest absolute Gasteiger partial charge is 0.509 e. The van der Waals surface area contributed by atoms with Crippen LogP contribution >= 0.6 is 0 Å². The zero-order chi connectivity index (χ0) is 36.7. The van der Waals surface area contributed by atoms with Crippen LogP contribution in [0.4, 0.5) is 17.1 Å². The monoisotopic (exact) mass is 831 g/mol. The average Bonchev–Trinajstić information content (AvgIpc) is 3.59. The molecule has 0 radical (unpaired) electrons. The van der Waals surface area contributed by atoms with Gasteiger partial charge in [0.25, 0.3) is 0 Å². The predicted octanol–water partition coefficient (Wildman–Crippen LogP) is 11.2. The Morgan fingerprint density at radius 2 is 1.39 bits per heavy atom. The summed E-state index contributed by atoms with van der Waals surface area (Å²) in [5.41, 5.74) is 7.17. The fraction of sp³-hybridized carbons (Fsp3) is 0.302. The van der Waals surface area contributed by atoms with E-state index in [0.29, 0.717) is 22.9 Å². The molecule has 4 aromatic carbocycles. The molecular formula is C43H45N4OPt-3. The number of fused-ring (bicyclic) bond motifs is 4. The topological polar surface area (TPSA) is 33.5 Å². The Morgan fingerprint density at radius 3 is 2.08 bits per heavy atom. The van der Waals surface area contributed by atoms with E-state index in [1.807, 2.05) is 47.5 Å². The van der Waals surface area contributed by atoms with Crippen LogP contribution in [0.1, 0.15) is 83.1 Å². The van der Waals surface area contributed by atoms with Crippen molar-refractivity contribution in [1.82, 2.24) is 9.55 Å². The third-order valence-corrected chi connectivity index (χ3v) is 9.16. The first-order valence-corrected chi connectivity index (χ1v) is 16.6. The molecule has 0 atom stereocenters. The van der Waals surface area contributed by atoms with Crippen LogP contribution in [0.5, 0.6) is 11.5 Å². The van der Waals surface area contributed by atoms with Gasteiger partial charge in [-0.3, -0.25) is 0 Å². The normalized spacial score (nSPS) is 14.8. The van der Waals surface area contributed by atoms with Crippen LogP contribution in [-0.4, -0.2) is 16.5 Å². The number of nitrogens with zero attached hydrogens (tertiary/aromatic N) is 4. The van der Waals surface area contributed by atoms with Crippen molar-refractivity contribution in [3.8, 4) is 17.3 Å². The summed E-state index contributed by atoms with van der Waals surface area (Å²) in [5, 5.41) is 2.20. The van der Waals surface area contributed by atoms with Gasteiger partial charge in [0.15, 0.2) is 0 Å². The van der Waals surface area contributed by atoms with Gasteiger partial charge in [-0.1, -0.05) is 92.1 Å². The van der Waals surface area contributed by atoms with Gasteiger partial charge in [0.2, 0.25) is 0 Å². The Hall–Kier alpha value is -4.08. The predicted molar refractivity (Wildman–Crippen MR) is 200 cm³/mol. The van der Waals surface area contributed by atoms with E-state index in [1.165, 1.54) is 16.0 Å². The summed E-state index contributed by atoms with van der Waals surface area (Å²) in [6, 6.07) is 33.6. The third-order valence-electron chi connectivity index (χ3n) is 9.16. The van der Waals surface area contributed by atoms with Gasteiger partial charge in [-0.25, -0.2) is 4.98 Å². The quantitative estimate of drug-likeness (QED) is 0.166. The van der Waals surface area contributed by atoms with Crippen LogP contribution < -0.4 is 14.5 Å². The van der Waals surface area contributed by atoms with E-state index in [1.54, 1.807) is 6.67 Å². The molecule has 0 N–H and O–H groups in total. The fourth-order valence-corrected chi connectivity index (χ4v) is 6.26. The SMILES string of the molecule is [2H]C([2H])([2H])N1[CH-]N(c2[c-]c(Oc3[c-]c4c(cc3)c3cc(C(C)(C)C)ccc3n4-c3cc(C(C)(C)C)ccn3)cc(C(C)(C)C)c2)c2ccccc21.[Pt]. The molecule has 1 aliphatic rings. The zero-order valence-corrected chi connectivity index (χ0v) is 31.9. The Bertz CT molecular complexity index is 2290. The van der Waals surface area contributed by atoms with E-state index in [0.717, 1.165) is 38.9 Å². The molecule has 1 aliphatic heterocycles. The second-order valence-corrected chi connectivity index (χ2v) is 15.9. The molecule has 6 heteroatoms. The number of para-hydroxylation sites is 2. The van der Waals surface area contributed by atoms with Crippen LogP contribution in [0.2, 0.25) is 0 Å². The van der Waals surface area contributed by atoms with Crippen LogP contribution in [0.25, 0.3) is 27.6 Å². The van der Waals surface area contributed by atoms with E-state index >= 15 is 0 Å². The van der Waals surface area contributed by atoms with E-state index < -0.39 is 6.98 Å². The molecule has 0 bridgehead atoms. The molecule has 7 rings (SSSR count). The van der Waals surface area contributed by atoms with Crippen molar-refractivity contribution < 1.29 is 29.9 Å². The van der Waals surface area contributed by atoms with Crippen molar-refractivity contribution in [2.45, 2.75) is 78.6 Å². The summed E-state index contributed by atoms with van der Waals surface area (Å²) in [7, 11) is 0. The Labute approximate surface area is 310 Å². The molecule has 0 saturated carbocycles. The summed E-state index contributed by atoms with van der Waals surface area (Å²) >= 11 is 0. The first kappa shape index (κ1) is 30.9. The van der Waals surface area contributed by atoms with Gasteiger partial charge < -0.3 is 19.1 Å². The number of hydrogen-bond donors (Lipinski definition) is 0. The number of hydrogen-bond acceptors (Lipinski definition) is 4. The molecule has 0 aliphatic carbocycles. The van der Waals surface area contributed by atoms with E-state index in [2.05, 4.69) is 121 Å². The van der Waals surface area contributed by atoms with Gasteiger partial charge in [-0.05, 0) is 70.1 Å². The number of anilines is 3. The van der Waals surface area contributed by atoms with Gasteiger partial charge in [0.1, 0.15) is 5.82 Å². The summed E-state index contributed by atoms with van der Waals surface area (Å²) in [6.45, 7) is 19.0. The molecule has 3 heterocycles. The van der Waals surface area contributed by atoms with Crippen molar-refractivity contribution >= 4 is 38.9 Å².